The molecule has 0 atom stereocenters. The van der Waals surface area contributed by atoms with E-state index >= 15 is 0 Å². The van der Waals surface area contributed by atoms with Crippen LogP contribution in [0.3, 0.4) is 0 Å². The number of nitrogens with one attached hydrogen (secondary N) is 2. The van der Waals surface area contributed by atoms with Crippen LogP contribution < -0.4 is 4.72 Å². The number of carboxylic acids is 1. The third-order valence-electron chi connectivity index (χ3n) is 3.45. The number of carbonyl (C=O) groups is 1. The zero-order chi connectivity index (χ0) is 14.8. The van der Waals surface area contributed by atoms with Crippen LogP contribution in [0.1, 0.15) is 16.1 Å². The number of fused-ring (bicyclic) bond motifs is 1. The van der Waals surface area contributed by atoms with Crippen LogP contribution in [0.5, 0.6) is 0 Å². The molecule has 1 heterocycles. The standard InChI is InChI=1S/C16H14N2O2S/c19-16(20)15-8-12-7-10(5-6-14(12)18-15)13-4-2-1-3-11(13)9-17-21/h1-8,17-18,21H,9H2,(H,19,20). The second-order valence-electron chi connectivity index (χ2n) is 4.78. The molecule has 21 heavy (non-hydrogen) atoms. The number of hydrogen-bond donors (Lipinski definition) is 4. The summed E-state index contributed by atoms with van der Waals surface area (Å²) in [6.45, 7) is 0.658. The average molecular weight is 298 g/mol. The van der Waals surface area contributed by atoms with E-state index in [-0.39, 0.29) is 5.69 Å². The summed E-state index contributed by atoms with van der Waals surface area (Å²) in [4.78, 5) is 13.9. The fraction of sp³-hybridized carbons (Fsp3) is 0.0625. The quantitative estimate of drug-likeness (QED) is 0.558. The van der Waals surface area contributed by atoms with Crippen molar-refractivity contribution in [2.75, 3.05) is 0 Å². The smallest absolute Gasteiger partial charge is 0.352 e. The summed E-state index contributed by atoms with van der Waals surface area (Å²) < 4.78 is 2.86. The number of thiol groups is 1. The van der Waals surface area contributed by atoms with Gasteiger partial charge in [0.05, 0.1) is 0 Å². The summed E-state index contributed by atoms with van der Waals surface area (Å²) in [5.41, 5.74) is 4.32. The van der Waals surface area contributed by atoms with Gasteiger partial charge >= 0.3 is 5.97 Å². The molecule has 0 saturated carbocycles. The first-order chi connectivity index (χ1) is 10.2. The fourth-order valence-electron chi connectivity index (χ4n) is 2.46. The maximum atomic E-state index is 11.0. The molecule has 5 heteroatoms. The van der Waals surface area contributed by atoms with Crippen LogP contribution >= 0.6 is 12.8 Å². The molecule has 3 N–H and O–H groups in total. The van der Waals surface area contributed by atoms with Crippen molar-refractivity contribution < 1.29 is 9.90 Å². The van der Waals surface area contributed by atoms with Crippen molar-refractivity contribution in [3.05, 3.63) is 59.8 Å². The Labute approximate surface area is 127 Å². The number of benzene rings is 2. The lowest BCUT2D eigenvalue weighted by Crippen LogP contribution is -2.00. The number of aromatic carboxylic acids is 1. The van der Waals surface area contributed by atoms with Crippen LogP contribution in [0, 0.1) is 0 Å². The van der Waals surface area contributed by atoms with Gasteiger partial charge in [0.2, 0.25) is 0 Å². The van der Waals surface area contributed by atoms with Gasteiger partial charge in [-0.05, 0) is 34.9 Å². The van der Waals surface area contributed by atoms with Crippen molar-refractivity contribution in [1.82, 2.24) is 9.71 Å². The van der Waals surface area contributed by atoms with Crippen molar-refractivity contribution in [3.63, 3.8) is 0 Å². The SMILES string of the molecule is O=C(O)c1cc2cc(-c3ccccc3CNS)ccc2[nH]1. The molecule has 0 aliphatic carbocycles. The Morgan fingerprint density at radius 2 is 2.00 bits per heavy atom. The third-order valence-corrected chi connectivity index (χ3v) is 3.61. The Kier molecular flexibility index (Phi) is 3.68. The van der Waals surface area contributed by atoms with Crippen molar-refractivity contribution in [2.24, 2.45) is 0 Å². The lowest BCUT2D eigenvalue weighted by atomic mass is 9.99. The van der Waals surface area contributed by atoms with Crippen LogP contribution in [0.4, 0.5) is 0 Å². The Morgan fingerprint density at radius 3 is 2.76 bits per heavy atom. The summed E-state index contributed by atoms with van der Waals surface area (Å²) in [6.07, 6.45) is 0. The summed E-state index contributed by atoms with van der Waals surface area (Å²) in [6, 6.07) is 15.6. The molecular formula is C16H14N2O2S. The highest BCUT2D eigenvalue weighted by atomic mass is 32.1. The molecule has 3 aromatic rings. The van der Waals surface area contributed by atoms with Crippen molar-refractivity contribution >= 4 is 29.7 Å². The zero-order valence-corrected chi connectivity index (χ0v) is 12.0. The number of H-pyrrole nitrogens is 1. The van der Waals surface area contributed by atoms with Gasteiger partial charge in [0.1, 0.15) is 5.69 Å². The number of rotatable bonds is 4. The molecule has 0 aliphatic heterocycles. The van der Waals surface area contributed by atoms with E-state index in [0.29, 0.717) is 6.54 Å². The van der Waals surface area contributed by atoms with Crippen LogP contribution in [-0.4, -0.2) is 16.1 Å². The maximum absolute atomic E-state index is 11.0. The average Bonchev–Trinajstić information content (AvgIpc) is 2.91. The van der Waals surface area contributed by atoms with Gasteiger partial charge in [0.25, 0.3) is 0 Å². The van der Waals surface area contributed by atoms with Crippen LogP contribution in [0.15, 0.2) is 48.5 Å². The van der Waals surface area contributed by atoms with E-state index < -0.39 is 5.97 Å². The van der Waals surface area contributed by atoms with E-state index in [1.807, 2.05) is 42.5 Å². The summed E-state index contributed by atoms with van der Waals surface area (Å²) in [5.74, 6) is -0.951. The van der Waals surface area contributed by atoms with Crippen LogP contribution in [-0.2, 0) is 6.54 Å². The lowest BCUT2D eigenvalue weighted by Gasteiger charge is -2.09. The van der Waals surface area contributed by atoms with Crippen molar-refractivity contribution in [3.8, 4) is 11.1 Å². The van der Waals surface area contributed by atoms with Gasteiger partial charge in [0.15, 0.2) is 0 Å². The molecule has 2 aromatic carbocycles. The van der Waals surface area contributed by atoms with Gasteiger partial charge in [-0.25, -0.2) is 4.79 Å². The minimum atomic E-state index is -0.951. The van der Waals surface area contributed by atoms with Gasteiger partial charge in [0, 0.05) is 17.4 Å². The maximum Gasteiger partial charge on any atom is 0.352 e. The number of aromatic amines is 1. The third kappa shape index (κ3) is 2.66. The van der Waals surface area contributed by atoms with Crippen LogP contribution in [0.2, 0.25) is 0 Å². The molecule has 0 saturated heterocycles. The van der Waals surface area contributed by atoms with E-state index in [2.05, 4.69) is 22.5 Å². The van der Waals surface area contributed by atoms with E-state index in [4.69, 9.17) is 5.11 Å². The summed E-state index contributed by atoms with van der Waals surface area (Å²) in [5, 5.41) is 9.93. The Hall–Kier alpha value is -2.24. The van der Waals surface area contributed by atoms with Gasteiger partial charge < -0.3 is 10.1 Å². The lowest BCUT2D eigenvalue weighted by molar-refractivity contribution is 0.0691. The molecule has 0 fully saturated rings. The second kappa shape index (κ2) is 5.63. The molecular weight excluding hydrogens is 284 g/mol. The van der Waals surface area contributed by atoms with Crippen molar-refractivity contribution in [1.29, 1.82) is 0 Å². The highest BCUT2D eigenvalue weighted by Crippen LogP contribution is 2.27. The molecule has 0 radical (unpaired) electrons. The van der Waals surface area contributed by atoms with Gasteiger partial charge in [-0.3, -0.25) is 4.72 Å². The monoisotopic (exact) mass is 298 g/mol. The van der Waals surface area contributed by atoms with Gasteiger partial charge in [-0.1, -0.05) is 43.1 Å². The minimum absolute atomic E-state index is 0.201. The van der Waals surface area contributed by atoms with Crippen LogP contribution in [0.25, 0.3) is 22.0 Å². The first-order valence-electron chi connectivity index (χ1n) is 6.50. The molecule has 4 nitrogen and oxygen atoms in total. The van der Waals surface area contributed by atoms with E-state index in [1.165, 1.54) is 0 Å². The normalized spacial score (nSPS) is 10.9. The predicted octanol–water partition coefficient (Wildman–Crippen LogP) is 3.47. The summed E-state index contributed by atoms with van der Waals surface area (Å²) in [7, 11) is 0. The highest BCUT2D eigenvalue weighted by Gasteiger charge is 2.09. The molecule has 0 amide bonds. The topological polar surface area (TPSA) is 65.1 Å². The Balaban J connectivity index is 2.10. The van der Waals surface area contributed by atoms with Crippen molar-refractivity contribution in [2.45, 2.75) is 6.54 Å². The largest absolute Gasteiger partial charge is 0.477 e. The molecule has 0 aliphatic rings. The Bertz CT molecular complexity index is 811. The molecule has 1 aromatic heterocycles. The number of aromatic nitrogens is 1. The number of carboxylic acid groups (broad SMARTS) is 1. The highest BCUT2D eigenvalue weighted by molar-refractivity contribution is 7.78. The van der Waals surface area contributed by atoms with E-state index in [1.54, 1.807) is 6.07 Å². The first-order valence-corrected chi connectivity index (χ1v) is 6.95. The minimum Gasteiger partial charge on any atom is -0.477 e. The molecule has 0 spiro atoms. The summed E-state index contributed by atoms with van der Waals surface area (Å²) >= 11 is 4.06. The molecule has 106 valence electrons. The number of hydrogen-bond acceptors (Lipinski definition) is 3. The van der Waals surface area contributed by atoms with E-state index in [0.717, 1.165) is 27.6 Å². The van der Waals surface area contributed by atoms with Gasteiger partial charge in [-0.2, -0.15) is 0 Å². The molecule has 0 unspecified atom stereocenters. The van der Waals surface area contributed by atoms with Gasteiger partial charge in [-0.15, -0.1) is 0 Å². The predicted molar refractivity (Wildman–Crippen MR) is 86.5 cm³/mol. The fourth-order valence-corrected chi connectivity index (χ4v) is 2.63. The Morgan fingerprint density at radius 1 is 1.19 bits per heavy atom. The molecule has 3 rings (SSSR count). The van der Waals surface area contributed by atoms with E-state index in [9.17, 15) is 4.79 Å². The second-order valence-corrected chi connectivity index (χ2v) is 5.10. The zero-order valence-electron chi connectivity index (χ0n) is 11.1. The molecule has 0 bridgehead atoms. The first kappa shape index (κ1) is 13.7.